The second-order valence-corrected chi connectivity index (χ2v) is 9.79. The average molecular weight is 428 g/mol. The summed E-state index contributed by atoms with van der Waals surface area (Å²) >= 11 is 0. The van der Waals surface area contributed by atoms with Gasteiger partial charge in [0.05, 0.1) is 17.5 Å². The molecule has 3 aliphatic heterocycles. The molecule has 4 aliphatic rings. The molecule has 2 aromatic rings. The lowest BCUT2D eigenvalue weighted by molar-refractivity contribution is -0.129. The number of benzene rings is 2. The van der Waals surface area contributed by atoms with E-state index in [1.165, 1.54) is 0 Å². The predicted octanol–water partition coefficient (Wildman–Crippen LogP) is 4.11. The van der Waals surface area contributed by atoms with Gasteiger partial charge in [-0.15, -0.1) is 0 Å². The zero-order valence-corrected chi connectivity index (χ0v) is 18.6. The number of fused-ring (bicyclic) bond motifs is 4. The molecule has 1 N–H and O–H groups in total. The summed E-state index contributed by atoms with van der Waals surface area (Å²) in [5.41, 5.74) is 4.72. The number of Topliss-reactive ketones (excluding diaryl/α,β-unsaturated/α-hetero) is 1. The number of hydrogen-bond donors (Lipinski definition) is 1. The first-order chi connectivity index (χ1) is 15.5. The van der Waals surface area contributed by atoms with Crippen molar-refractivity contribution in [3.05, 3.63) is 59.2 Å². The summed E-state index contributed by atoms with van der Waals surface area (Å²) in [6.45, 7) is 1.59. The van der Waals surface area contributed by atoms with E-state index in [4.69, 9.17) is 0 Å². The van der Waals surface area contributed by atoms with E-state index in [1.807, 2.05) is 19.2 Å². The summed E-state index contributed by atoms with van der Waals surface area (Å²) in [5.74, 6) is 0.722. The minimum atomic E-state index is -0.378. The van der Waals surface area contributed by atoms with Gasteiger partial charge in [-0.05, 0) is 79.0 Å². The van der Waals surface area contributed by atoms with E-state index in [2.05, 4.69) is 41.7 Å². The third-order valence-corrected chi connectivity index (χ3v) is 7.70. The van der Waals surface area contributed by atoms with Gasteiger partial charge in [-0.25, -0.2) is 0 Å². The fourth-order valence-electron chi connectivity index (χ4n) is 5.61. The maximum Gasteiger partial charge on any atom is 0.254 e. The molecule has 2 bridgehead atoms. The maximum absolute atomic E-state index is 13.1. The Labute approximate surface area is 189 Å². The maximum atomic E-state index is 13.1. The van der Waals surface area contributed by atoms with Gasteiger partial charge >= 0.3 is 0 Å². The van der Waals surface area contributed by atoms with Gasteiger partial charge in [0.2, 0.25) is 0 Å². The van der Waals surface area contributed by atoms with Crippen molar-refractivity contribution in [1.82, 2.24) is 10.2 Å². The summed E-state index contributed by atoms with van der Waals surface area (Å²) in [4.78, 5) is 26.9. The van der Waals surface area contributed by atoms with Crippen molar-refractivity contribution in [3.63, 3.8) is 0 Å². The van der Waals surface area contributed by atoms with E-state index in [0.717, 1.165) is 66.0 Å². The number of amides is 1. The number of rotatable bonds is 6. The van der Waals surface area contributed by atoms with Crippen molar-refractivity contribution in [2.75, 3.05) is 13.6 Å². The lowest BCUT2D eigenvalue weighted by atomic mass is 9.68. The molecule has 32 heavy (non-hydrogen) atoms. The van der Waals surface area contributed by atoms with Crippen LogP contribution >= 0.6 is 0 Å². The fourth-order valence-corrected chi connectivity index (χ4v) is 5.61. The van der Waals surface area contributed by atoms with E-state index in [0.29, 0.717) is 19.4 Å². The molecule has 2 aromatic carbocycles. The first-order valence-electron chi connectivity index (χ1n) is 11.6. The van der Waals surface area contributed by atoms with Crippen LogP contribution in [0.5, 0.6) is 0 Å². The summed E-state index contributed by atoms with van der Waals surface area (Å²) in [7, 11) is 1.82. The number of carbonyl (C=O) groups is 2. The zero-order valence-electron chi connectivity index (χ0n) is 18.6. The van der Waals surface area contributed by atoms with Crippen LogP contribution in [-0.4, -0.2) is 35.7 Å². The Morgan fingerprint density at radius 1 is 1.19 bits per heavy atom. The molecule has 3 fully saturated rings. The standard InChI is InChI=1S/C27H29N3O2/c1-30-17-23-14-22(6-7-24(23)26(30)32)21-4-2-18(3-5-21)12-20(15-28)13-25(31)27-10-8-19(9-11-27)16-29-27/h2-7,14,19-20,29H,8-13,16-17H2,1H3/t19?,20-,27?/m1/s1. The molecule has 5 nitrogen and oxygen atoms in total. The number of ketones is 1. The van der Waals surface area contributed by atoms with Gasteiger partial charge in [-0.1, -0.05) is 30.3 Å². The predicted molar refractivity (Wildman–Crippen MR) is 123 cm³/mol. The highest BCUT2D eigenvalue weighted by Crippen LogP contribution is 2.38. The molecule has 1 atom stereocenters. The molecule has 2 saturated heterocycles. The third-order valence-electron chi connectivity index (χ3n) is 7.70. The average Bonchev–Trinajstić information content (AvgIpc) is 3.13. The highest BCUT2D eigenvalue weighted by molar-refractivity contribution is 5.98. The van der Waals surface area contributed by atoms with Gasteiger partial charge in [0.15, 0.2) is 5.78 Å². The van der Waals surface area contributed by atoms with Crippen LogP contribution in [0.3, 0.4) is 0 Å². The zero-order chi connectivity index (χ0) is 22.3. The van der Waals surface area contributed by atoms with Crippen molar-refractivity contribution in [2.45, 2.75) is 50.6 Å². The van der Waals surface area contributed by atoms with E-state index >= 15 is 0 Å². The second-order valence-electron chi connectivity index (χ2n) is 9.79. The van der Waals surface area contributed by atoms with Gasteiger partial charge in [0, 0.05) is 25.6 Å². The Hall–Kier alpha value is -2.97. The van der Waals surface area contributed by atoms with Crippen LogP contribution in [0.4, 0.5) is 0 Å². The molecule has 3 heterocycles. The van der Waals surface area contributed by atoms with Crippen LogP contribution < -0.4 is 5.32 Å². The Morgan fingerprint density at radius 3 is 2.56 bits per heavy atom. The molecule has 0 spiro atoms. The minimum Gasteiger partial charge on any atom is -0.337 e. The van der Waals surface area contributed by atoms with Crippen molar-refractivity contribution in [1.29, 1.82) is 5.26 Å². The summed E-state index contributed by atoms with van der Waals surface area (Å²) in [6, 6.07) is 16.6. The lowest BCUT2D eigenvalue weighted by Crippen LogP contribution is -2.60. The molecular formula is C27H29N3O2. The number of nitrogens with zero attached hydrogens (tertiary/aromatic N) is 2. The molecular weight excluding hydrogens is 398 g/mol. The van der Waals surface area contributed by atoms with Crippen molar-refractivity contribution < 1.29 is 9.59 Å². The van der Waals surface area contributed by atoms with E-state index in [-0.39, 0.29) is 23.1 Å². The molecule has 1 saturated carbocycles. The Kier molecular flexibility index (Phi) is 5.35. The smallest absolute Gasteiger partial charge is 0.254 e. The molecule has 0 aromatic heterocycles. The molecule has 0 unspecified atom stereocenters. The lowest BCUT2D eigenvalue weighted by Gasteiger charge is -2.46. The number of carbonyl (C=O) groups excluding carboxylic acids is 2. The molecule has 0 radical (unpaired) electrons. The minimum absolute atomic E-state index is 0.0787. The van der Waals surface area contributed by atoms with E-state index < -0.39 is 0 Å². The molecule has 1 aliphatic carbocycles. The number of nitriles is 1. The van der Waals surface area contributed by atoms with E-state index in [9.17, 15) is 14.9 Å². The highest BCUT2D eigenvalue weighted by atomic mass is 16.2. The van der Waals surface area contributed by atoms with Crippen LogP contribution in [0.15, 0.2) is 42.5 Å². The van der Waals surface area contributed by atoms with Crippen LogP contribution in [-0.2, 0) is 17.8 Å². The normalized spacial score (nSPS) is 24.8. The first kappa shape index (κ1) is 20.9. The topological polar surface area (TPSA) is 73.2 Å². The van der Waals surface area contributed by atoms with Gasteiger partial charge in [-0.3, -0.25) is 9.59 Å². The molecule has 1 amide bonds. The van der Waals surface area contributed by atoms with Crippen LogP contribution in [0.1, 0.15) is 53.6 Å². The molecule has 6 rings (SSSR count). The number of hydrogen-bond acceptors (Lipinski definition) is 4. The van der Waals surface area contributed by atoms with Crippen LogP contribution in [0.2, 0.25) is 0 Å². The van der Waals surface area contributed by atoms with Gasteiger partial charge in [0.25, 0.3) is 5.91 Å². The number of nitrogens with one attached hydrogen (secondary N) is 1. The first-order valence-corrected chi connectivity index (χ1v) is 11.6. The van der Waals surface area contributed by atoms with Gasteiger partial charge in [0.1, 0.15) is 0 Å². The van der Waals surface area contributed by atoms with Crippen molar-refractivity contribution in [2.24, 2.45) is 11.8 Å². The van der Waals surface area contributed by atoms with Crippen LogP contribution in [0.25, 0.3) is 11.1 Å². The second kappa shape index (κ2) is 8.18. The van der Waals surface area contributed by atoms with Gasteiger partial charge < -0.3 is 10.2 Å². The Bertz CT molecular complexity index is 1080. The van der Waals surface area contributed by atoms with Gasteiger partial charge in [-0.2, -0.15) is 5.26 Å². The SMILES string of the molecule is CN1Cc2cc(-c3ccc(C[C@@H](C#N)CC(=O)C45CCC(CC4)CN5)cc3)ccc2C1=O. The third kappa shape index (κ3) is 3.73. The Balaban J connectivity index is 1.25. The van der Waals surface area contributed by atoms with Crippen molar-refractivity contribution in [3.8, 4) is 17.2 Å². The Morgan fingerprint density at radius 2 is 1.91 bits per heavy atom. The van der Waals surface area contributed by atoms with E-state index in [1.54, 1.807) is 4.90 Å². The monoisotopic (exact) mass is 427 g/mol. The molecule has 164 valence electrons. The summed E-state index contributed by atoms with van der Waals surface area (Å²) < 4.78 is 0. The fraction of sp³-hybridized carbons (Fsp3) is 0.444. The summed E-state index contributed by atoms with van der Waals surface area (Å²) in [6.07, 6.45) is 5.01. The largest absolute Gasteiger partial charge is 0.337 e. The molecule has 5 heteroatoms. The summed E-state index contributed by atoms with van der Waals surface area (Å²) in [5, 5.41) is 13.2. The highest BCUT2D eigenvalue weighted by Gasteiger charge is 2.45. The van der Waals surface area contributed by atoms with Crippen LogP contribution in [0, 0.1) is 23.2 Å². The number of piperidine rings is 2. The quantitative estimate of drug-likeness (QED) is 0.753. The van der Waals surface area contributed by atoms with Crippen molar-refractivity contribution >= 4 is 11.7 Å².